The van der Waals surface area contributed by atoms with Crippen molar-refractivity contribution in [3.05, 3.63) is 333 Å². The molecule has 0 aliphatic heterocycles. The van der Waals surface area contributed by atoms with Crippen molar-refractivity contribution < 1.29 is 50.9 Å². The first kappa shape index (κ1) is 110. The van der Waals surface area contributed by atoms with Gasteiger partial charge in [0.25, 0.3) is 0 Å². The van der Waals surface area contributed by atoms with Gasteiger partial charge in [-0.2, -0.15) is 25.7 Å². The topological polar surface area (TPSA) is 735 Å². The van der Waals surface area contributed by atoms with Gasteiger partial charge in [-0.25, -0.2) is 54.6 Å². The number of nitrogens with two attached hydrogens (primary N) is 3. The first-order valence-corrected chi connectivity index (χ1v) is 47.8. The molecule has 16 aromatic rings. The molecule has 4 aliphatic rings. The third kappa shape index (κ3) is 36.5. The van der Waals surface area contributed by atoms with Crippen molar-refractivity contribution in [3.8, 4) is 63.7 Å². The molecule has 16 heterocycles. The van der Waals surface area contributed by atoms with E-state index in [1.54, 1.807) is 162 Å². The number of nitro groups is 4. The molecule has 0 bridgehead atoms. The molecule has 0 amide bonds. The number of esters is 1. The number of carbonyl (C=O) groups is 1. The number of amidine groups is 1. The van der Waals surface area contributed by atoms with E-state index in [1.165, 1.54) is 61.5 Å². The Labute approximate surface area is 856 Å². The number of hydrogen-bond donors (Lipinski definition) is 12. The number of aromatic nitrogens is 25. The minimum absolute atomic E-state index is 0. The van der Waals surface area contributed by atoms with Gasteiger partial charge in [0.2, 0.25) is 11.0 Å². The van der Waals surface area contributed by atoms with Gasteiger partial charge in [0.05, 0.1) is 50.6 Å². The van der Waals surface area contributed by atoms with Gasteiger partial charge >= 0.3 is 39.5 Å². The van der Waals surface area contributed by atoms with Gasteiger partial charge in [-0.1, -0.05) is 65.7 Å². The molecule has 0 unspecified atom stereocenters. The van der Waals surface area contributed by atoms with Gasteiger partial charge in [0.15, 0.2) is 58.2 Å². The number of rotatable bonds is 23. The second kappa shape index (κ2) is 54.6. The predicted molar refractivity (Wildman–Crippen MR) is 535 cm³/mol. The fraction of sp³-hybridized carbons (Fsp3) is 0.182. The molecule has 746 valence electrons. The summed E-state index contributed by atoms with van der Waals surface area (Å²) in [5.41, 5.74) is 22.9. The van der Waals surface area contributed by atoms with Gasteiger partial charge in [-0.3, -0.25) is 111 Å². The van der Waals surface area contributed by atoms with Gasteiger partial charge in [0.1, 0.15) is 81.2 Å². The Morgan fingerprint density at radius 1 is 0.510 bits per heavy atom. The van der Waals surface area contributed by atoms with Crippen LogP contribution < -0.4 is 38.7 Å². The van der Waals surface area contributed by atoms with Crippen LogP contribution in [-0.4, -0.2) is 183 Å². The summed E-state index contributed by atoms with van der Waals surface area (Å²) in [7, 11) is 3.17. The third-order valence-electron chi connectivity index (χ3n) is 18.9. The van der Waals surface area contributed by atoms with Crippen molar-refractivity contribution in [2.45, 2.75) is 82.0 Å². The smallest absolute Gasteiger partial charge is 0.411 e. The van der Waals surface area contributed by atoms with E-state index in [2.05, 4.69) is 180 Å². The van der Waals surface area contributed by atoms with Crippen LogP contribution in [0.4, 0.5) is 63.5 Å². The Morgan fingerprint density at radius 3 is 1.23 bits per heavy atom. The maximum absolute atomic E-state index is 11.3. The van der Waals surface area contributed by atoms with E-state index in [0.29, 0.717) is 121 Å². The van der Waals surface area contributed by atoms with Gasteiger partial charge in [0, 0.05) is 145 Å². The molecule has 0 spiro atoms. The van der Waals surface area contributed by atoms with Crippen molar-refractivity contribution >= 4 is 137 Å². The van der Waals surface area contributed by atoms with Gasteiger partial charge in [-0.15, -0.1) is 0 Å². The zero-order valence-electron chi connectivity index (χ0n) is 76.1. The molecule has 4 saturated carbocycles. The number of nitrogens with one attached hydrogen (secondary N) is 9. The number of pyridine rings is 7. The summed E-state index contributed by atoms with van der Waals surface area (Å²) in [6, 6.07) is 47.0. The van der Waals surface area contributed by atoms with Gasteiger partial charge < -0.3 is 42.8 Å². The van der Waals surface area contributed by atoms with Crippen LogP contribution >= 0.6 is 62.1 Å². The van der Waals surface area contributed by atoms with E-state index in [0.717, 1.165) is 54.4 Å². The van der Waals surface area contributed by atoms with Crippen LogP contribution in [0.1, 0.15) is 116 Å². The molecule has 0 atom stereocenters. The average molecular weight is 2130 g/mol. The molecule has 4 aliphatic carbocycles. The standard InChI is InChI=1S/C15H13ClN6.C15H13N7O2.C15H15N7.C9H5ClN4O2.C9H6N4O3.C7H12N2O4.C6H9N3.C6H7N3.C6H4N2.Cl3OP.Fe/c16-10-8-18-15(11-3-1-2-6-17-11)20-14(10)19-13-7-12(21-22-13)9-4-5-9;23-22(24)12-8-17-14(10-3-1-2-6-16-10)19-15(12)18-13-7-11(20-21-13)9-4-5-9;16-10-8-18-15(11-3-1-2-6-17-11)20-14(10)19-13-7-12(21-22-13)9-4-5-9;10-8-7(14(15)16)5-12-9(13-8)6-3-1-2-4-11-6;14-9-7(13(15)16)5-11-8(12-9)6-3-1-2-4-10-6;1-4-13-7(10)6(9(11)12)5-8(2)3;7-6-3-5(8-9-6)4-1-2-4;7-6(8)5-3-1-2-4-9-5;7-5-6-3-1-2-4-8-6;1-5(2,3)4;/h1-3,6-9H,4-5H2,(H2,18,19,20,21,22);1-3,6-9H,4-5H2,(H2,17,18,19,20,21);1-3,6-9H,4-5,16H2,(H2,18,19,20,21,22);1-5H;1-5H,(H,11,12,14);5H,4H2,1-3H3;3-4H,1-2H2,(H3,7,8,9);1-4H,(H3,7,8);1-4H;;/b;;;;;6-5+;;;;;. The molecule has 0 aromatic carbocycles. The number of nitrogens with zero attached hydrogens (tertiary/aromatic N) is 26. The number of nitrogen functional groups attached to an aromatic ring is 3. The summed E-state index contributed by atoms with van der Waals surface area (Å²) < 4.78 is 14.0. The molecule has 0 saturated heterocycles. The van der Waals surface area contributed by atoms with Crippen LogP contribution in [0.15, 0.2) is 243 Å². The maximum atomic E-state index is 11.3. The molecule has 57 heteroatoms. The van der Waals surface area contributed by atoms with Crippen LogP contribution in [0.25, 0.3) is 57.6 Å². The SMILES string of the molecule is CCOC(=O)/C(=C\N(C)C)[N+](=O)[O-].Clc1cnc(-c2ccccn2)nc1Nc1cc(C2CC2)[nH]n1.N#Cc1ccccn1.N=C(N)c1ccccn1.Nc1cc(C2CC2)[nH]n1.Nc1cnc(-c2ccccn2)nc1Nc1cc(C2CC2)[nH]n1.O=P(Cl)(Cl)Cl.O=[N+]([O-])c1cnc(-c2ccccn2)nc1Cl.O=[N+]([O-])c1cnc(-c2ccccn2)nc1Nc1cc(C2CC2)[nH]n1.O=c1[nH]c(-c2ccccn2)ncc1[N+](=O)[O-].[Fe]. The van der Waals surface area contributed by atoms with Crippen molar-refractivity contribution in [3.63, 3.8) is 0 Å². The molecular weight excluding hydrogens is 2050 g/mol. The van der Waals surface area contributed by atoms with E-state index < -0.39 is 47.8 Å². The second-order valence-electron chi connectivity index (χ2n) is 30.1. The first-order valence-electron chi connectivity index (χ1n) is 42.6. The monoisotopic (exact) mass is 2130 g/mol. The number of aromatic amines is 5. The Morgan fingerprint density at radius 2 is 0.883 bits per heavy atom. The third-order valence-corrected chi connectivity index (χ3v) is 19.5. The minimum atomic E-state index is -3.22. The summed E-state index contributed by atoms with van der Waals surface area (Å²) in [5, 5.41) is 92.2. The Balaban J connectivity index is 0.000000170. The van der Waals surface area contributed by atoms with E-state index >= 15 is 0 Å². The summed E-state index contributed by atoms with van der Waals surface area (Å²) in [6.07, 6.45) is 28.5. The van der Waals surface area contributed by atoms with Crippen LogP contribution in [0.2, 0.25) is 10.2 Å². The maximum Gasteiger partial charge on any atom is 0.411 e. The molecular formula is C88H84Cl5FeN38O12P. The minimum Gasteiger partial charge on any atom is -0.458 e. The summed E-state index contributed by atoms with van der Waals surface area (Å²) >= 11 is 25.7. The van der Waals surface area contributed by atoms with Crippen LogP contribution in [0.5, 0.6) is 0 Å². The fourth-order valence-electron chi connectivity index (χ4n) is 11.6. The molecule has 145 heavy (non-hydrogen) atoms. The zero-order chi connectivity index (χ0) is 103. The number of ether oxygens (including phenoxy) is 1. The number of hydrogen-bond acceptors (Lipinski definition) is 40. The number of nitriles is 1. The Kier molecular flexibility index (Phi) is 41.4. The van der Waals surface area contributed by atoms with Crippen molar-refractivity contribution in [1.29, 1.82) is 10.7 Å². The van der Waals surface area contributed by atoms with Crippen molar-refractivity contribution in [1.82, 2.24) is 130 Å². The van der Waals surface area contributed by atoms with Gasteiger partial charge in [-0.05, 0) is 177 Å². The predicted octanol–water partition coefficient (Wildman–Crippen LogP) is 16.9. The quantitative estimate of drug-likeness (QED) is 0.00326. The van der Waals surface area contributed by atoms with Crippen molar-refractivity contribution in [2.24, 2.45) is 5.73 Å². The molecule has 50 nitrogen and oxygen atoms in total. The Bertz CT molecular complexity index is 7040. The van der Waals surface area contributed by atoms with Crippen molar-refractivity contribution in [2.75, 3.05) is 48.1 Å². The Hall–Kier alpha value is -17.1. The number of halogens is 5. The van der Waals surface area contributed by atoms with Crippen LogP contribution in [0, 0.1) is 57.2 Å². The van der Waals surface area contributed by atoms with Crippen LogP contribution in [-0.2, 0) is 31.2 Å². The number of anilines is 8. The second-order valence-corrected chi connectivity index (χ2v) is 37.5. The fourth-order valence-corrected chi connectivity index (χ4v) is 11.9. The number of H-pyrrole nitrogens is 5. The summed E-state index contributed by atoms with van der Waals surface area (Å²) in [4.78, 5) is 131. The molecule has 0 radical (unpaired) electrons. The molecule has 15 N–H and O–H groups in total. The van der Waals surface area contributed by atoms with E-state index in [1.807, 2.05) is 66.7 Å². The average Bonchev–Trinajstić information content (AvgIpc) is 1.56. The molecule has 16 aromatic heterocycles. The normalized spacial score (nSPS) is 12.2. The van der Waals surface area contributed by atoms with E-state index in [-0.39, 0.29) is 63.5 Å². The van der Waals surface area contributed by atoms with Crippen LogP contribution in [0.3, 0.4) is 0 Å². The zero-order valence-corrected chi connectivity index (χ0v) is 81.8. The molecule has 4 fully saturated rings. The van der Waals surface area contributed by atoms with E-state index in [9.17, 15) is 54.6 Å². The summed E-state index contributed by atoms with van der Waals surface area (Å²) in [5.74, 6) is 7.04. The summed E-state index contributed by atoms with van der Waals surface area (Å²) in [6.45, 7) is 1.71. The van der Waals surface area contributed by atoms with E-state index in [4.69, 9.17) is 51.1 Å². The number of carbonyl (C=O) groups excluding carboxylic acids is 1. The first-order chi connectivity index (χ1) is 69.2. The molecule has 20 rings (SSSR count). The largest absolute Gasteiger partial charge is 0.458 e.